The van der Waals surface area contributed by atoms with Gasteiger partial charge in [0.25, 0.3) is 11.8 Å². The number of hydrogen-bond donors (Lipinski definition) is 8. The number of primary amides is 1. The number of amides is 10. The van der Waals surface area contributed by atoms with E-state index in [1.54, 1.807) is 81.8 Å². The van der Waals surface area contributed by atoms with Crippen molar-refractivity contribution in [3.63, 3.8) is 0 Å². The average molecular weight is 1110 g/mol. The number of halogens is 2. The number of hydrogen-bond acceptors (Lipinski definition) is 12. The van der Waals surface area contributed by atoms with Gasteiger partial charge in [0.1, 0.15) is 55.6 Å². The average Bonchev–Trinajstić information content (AvgIpc) is 4.11. The van der Waals surface area contributed by atoms with Crippen LogP contribution in [0.15, 0.2) is 103 Å². The smallest absolute Gasteiger partial charge is 0.408 e. The summed E-state index contributed by atoms with van der Waals surface area (Å²) in [6, 6.07) is 15.6. The Morgan fingerprint density at radius 3 is 1.95 bits per heavy atom. The molecule has 22 nitrogen and oxygen atoms in total. The van der Waals surface area contributed by atoms with Gasteiger partial charge in [0.2, 0.25) is 41.4 Å². The van der Waals surface area contributed by atoms with Gasteiger partial charge in [0, 0.05) is 61.3 Å². The predicted octanol–water partition coefficient (Wildman–Crippen LogP) is 2.24. The zero-order valence-electron chi connectivity index (χ0n) is 45.3. The van der Waals surface area contributed by atoms with Crippen molar-refractivity contribution < 1.29 is 66.6 Å². The molecule has 4 aromatic rings. The van der Waals surface area contributed by atoms with Crippen molar-refractivity contribution in [2.75, 3.05) is 32.8 Å². The number of aliphatic hydroxyl groups excluding tert-OH is 1. The molecule has 80 heavy (non-hydrogen) atoms. The zero-order valence-corrected chi connectivity index (χ0v) is 45.3. The molecular formula is C56H68F2N10O12. The number of aliphatic hydroxyl groups is 1. The molecule has 5 atom stereocenters. The van der Waals surface area contributed by atoms with Gasteiger partial charge in [0.15, 0.2) is 0 Å². The lowest BCUT2D eigenvalue weighted by atomic mass is 9.82. The van der Waals surface area contributed by atoms with Gasteiger partial charge in [-0.2, -0.15) is 0 Å². The Morgan fingerprint density at radius 2 is 1.35 bits per heavy atom. The Hall–Kier alpha value is -8.80. The van der Waals surface area contributed by atoms with Crippen LogP contribution in [0, 0.1) is 23.0 Å². The number of aromatic nitrogens is 1. The maximum atomic E-state index is 15.4. The second-order valence-corrected chi connectivity index (χ2v) is 20.4. The summed E-state index contributed by atoms with van der Waals surface area (Å²) in [5.41, 5.74) is 6.74. The van der Waals surface area contributed by atoms with Crippen LogP contribution in [-0.2, 0) is 61.0 Å². The number of alkyl carbamates (subject to hydrolysis) is 1. The molecule has 9 N–H and O–H groups in total. The largest absolute Gasteiger partial charge is 0.445 e. The zero-order chi connectivity index (χ0) is 58.8. The molecule has 0 fully saturated rings. The second kappa shape index (κ2) is 28.7. The van der Waals surface area contributed by atoms with Crippen molar-refractivity contribution in [2.24, 2.45) is 17.1 Å². The number of benzene rings is 3. The lowest BCUT2D eigenvalue weighted by Gasteiger charge is -2.41. The Balaban J connectivity index is 1.41. The first-order valence-corrected chi connectivity index (χ1v) is 25.7. The van der Waals surface area contributed by atoms with E-state index in [1.807, 2.05) is 30.3 Å². The summed E-state index contributed by atoms with van der Waals surface area (Å²) in [7, 11) is 0. The molecular weight excluding hydrogens is 1040 g/mol. The SMILES string of the molecule is CC(C)[C@H](NC(=O)OCc1ccccc1)C(=O)N[C@@H](C)C(=O)N[C@@H](CC(N)=O)C(=O)N[C@@H](CCN(C(=O)CO)[C@@H](c1cc(-c2cc(F)ccc2F)cn1Cc1ccccc1)C(C)(C)C)C(=O)NCCNC(=O)CN1C(=O)C=CC1=O. The second-order valence-electron chi connectivity index (χ2n) is 20.4. The highest BCUT2D eigenvalue weighted by Gasteiger charge is 2.39. The first-order valence-electron chi connectivity index (χ1n) is 25.7. The molecule has 1 aliphatic heterocycles. The number of imide groups is 1. The van der Waals surface area contributed by atoms with Crippen LogP contribution in [0.3, 0.4) is 0 Å². The summed E-state index contributed by atoms with van der Waals surface area (Å²) in [5, 5.41) is 25.4. The van der Waals surface area contributed by atoms with Crippen molar-refractivity contribution in [3.8, 4) is 11.1 Å². The number of carbonyl (C=O) groups excluding carboxylic acids is 10. The van der Waals surface area contributed by atoms with Gasteiger partial charge in [-0.1, -0.05) is 95.3 Å². The van der Waals surface area contributed by atoms with Crippen LogP contribution in [0.1, 0.15) is 77.2 Å². The van der Waals surface area contributed by atoms with Crippen molar-refractivity contribution in [2.45, 2.75) is 97.7 Å². The van der Waals surface area contributed by atoms with Crippen LogP contribution in [-0.4, -0.2) is 136 Å². The van der Waals surface area contributed by atoms with Gasteiger partial charge >= 0.3 is 6.09 Å². The summed E-state index contributed by atoms with van der Waals surface area (Å²) < 4.78 is 37.1. The normalized spacial score (nSPS) is 14.1. The summed E-state index contributed by atoms with van der Waals surface area (Å²) in [6.07, 6.45) is 1.48. The van der Waals surface area contributed by atoms with Crippen LogP contribution in [0.5, 0.6) is 0 Å². The molecule has 0 aliphatic carbocycles. The summed E-state index contributed by atoms with van der Waals surface area (Å²) in [4.78, 5) is 134. The Labute approximate surface area is 461 Å². The van der Waals surface area contributed by atoms with Crippen molar-refractivity contribution >= 4 is 59.3 Å². The van der Waals surface area contributed by atoms with Crippen molar-refractivity contribution in [3.05, 3.63) is 132 Å². The number of nitrogens with zero attached hydrogens (tertiary/aromatic N) is 3. The van der Waals surface area contributed by atoms with Gasteiger partial charge in [-0.25, -0.2) is 13.6 Å². The number of nitrogens with two attached hydrogens (primary N) is 1. The van der Waals surface area contributed by atoms with Gasteiger partial charge in [0.05, 0.1) is 12.5 Å². The summed E-state index contributed by atoms with van der Waals surface area (Å²) in [5.74, 6) is -9.75. The van der Waals surface area contributed by atoms with E-state index in [0.717, 1.165) is 35.9 Å². The highest BCUT2D eigenvalue weighted by atomic mass is 19.1. The minimum atomic E-state index is -1.77. The number of carbonyl (C=O) groups is 10. The van der Waals surface area contributed by atoms with Gasteiger partial charge in [-0.05, 0) is 60.1 Å². The van der Waals surface area contributed by atoms with Gasteiger partial charge < -0.3 is 56.9 Å². The van der Waals surface area contributed by atoms with Gasteiger partial charge in [-0.15, -0.1) is 0 Å². The van der Waals surface area contributed by atoms with Crippen LogP contribution in [0.25, 0.3) is 11.1 Å². The van der Waals surface area contributed by atoms with Gasteiger partial charge in [-0.3, -0.25) is 48.1 Å². The summed E-state index contributed by atoms with van der Waals surface area (Å²) >= 11 is 0. The molecule has 24 heteroatoms. The van der Waals surface area contributed by atoms with E-state index in [9.17, 15) is 57.4 Å². The molecule has 0 saturated carbocycles. The van der Waals surface area contributed by atoms with E-state index < -0.39 is 138 Å². The first-order chi connectivity index (χ1) is 37.9. The fraction of sp³-hybridized carbons (Fsp3) is 0.393. The quantitative estimate of drug-likeness (QED) is 0.0315. The highest BCUT2D eigenvalue weighted by Crippen LogP contribution is 2.41. The van der Waals surface area contributed by atoms with E-state index in [2.05, 4.69) is 31.9 Å². The van der Waals surface area contributed by atoms with E-state index in [4.69, 9.17) is 10.5 Å². The van der Waals surface area contributed by atoms with Crippen LogP contribution in [0.4, 0.5) is 13.6 Å². The maximum Gasteiger partial charge on any atom is 0.408 e. The highest BCUT2D eigenvalue weighted by molar-refractivity contribution is 6.14. The molecule has 3 aromatic carbocycles. The van der Waals surface area contributed by atoms with E-state index in [1.165, 1.54) is 11.8 Å². The fourth-order valence-electron chi connectivity index (χ4n) is 8.71. The Kier molecular flexibility index (Phi) is 22.3. The van der Waals surface area contributed by atoms with E-state index in [0.29, 0.717) is 16.2 Å². The molecule has 0 saturated heterocycles. The molecule has 0 unspecified atom stereocenters. The Bertz CT molecular complexity index is 2910. The third-order valence-corrected chi connectivity index (χ3v) is 12.7. The monoisotopic (exact) mass is 1110 g/mol. The number of nitrogens with one attached hydrogen (secondary N) is 6. The summed E-state index contributed by atoms with van der Waals surface area (Å²) in [6.45, 7) is 7.50. The standard InChI is InChI=1S/C56H68F2N10O12/c1-33(2)49(65-55(79)80-32-36-15-11-8-12-16-36)54(78)62-34(3)51(75)64-42(27-44(59)70)53(77)63-41(52(76)61-23-22-60-45(71)30-68-46(72)19-20-47(68)73)21-24-67(48(74)31-69)50(56(4,5)6)43-25-37(39-26-38(57)17-18-40(39)58)29-66(43)28-35-13-9-7-10-14-35/h7-20,25-26,29,33-34,41-42,49-50,69H,21-24,27-28,30-32H2,1-6H3,(H2,59,70)(H,60,71)(H,61,76)(H,62,78)(H,63,77)(H,64,75)(H,65,79)/t34-,41-,42-,49-,50-/m0/s1. The third-order valence-electron chi connectivity index (χ3n) is 12.7. The van der Waals surface area contributed by atoms with Crippen LogP contribution in [0.2, 0.25) is 0 Å². The van der Waals surface area contributed by atoms with Crippen LogP contribution < -0.4 is 37.6 Å². The van der Waals surface area contributed by atoms with Crippen molar-refractivity contribution in [1.82, 2.24) is 46.3 Å². The van der Waals surface area contributed by atoms with Crippen molar-refractivity contribution in [1.29, 1.82) is 0 Å². The molecule has 0 bridgehead atoms. The molecule has 10 amide bonds. The van der Waals surface area contributed by atoms with E-state index in [-0.39, 0.29) is 43.9 Å². The lowest BCUT2D eigenvalue weighted by molar-refractivity contribution is -0.141. The minimum absolute atomic E-state index is 0.0701. The fourth-order valence-corrected chi connectivity index (χ4v) is 8.71. The molecule has 5 rings (SSSR count). The molecule has 2 heterocycles. The third kappa shape index (κ3) is 17.9. The molecule has 428 valence electrons. The first kappa shape index (κ1) is 62.0. The lowest BCUT2D eigenvalue weighted by Crippen LogP contribution is -2.59. The maximum absolute atomic E-state index is 15.4. The Morgan fingerprint density at radius 1 is 0.738 bits per heavy atom. The minimum Gasteiger partial charge on any atom is -0.445 e. The molecule has 1 aromatic heterocycles. The molecule has 0 radical (unpaired) electrons. The van der Waals surface area contributed by atoms with Crippen LogP contribution >= 0.6 is 0 Å². The molecule has 0 spiro atoms. The number of ether oxygens (including phenoxy) is 1. The predicted molar refractivity (Wildman–Crippen MR) is 286 cm³/mol. The van der Waals surface area contributed by atoms with E-state index >= 15 is 4.39 Å². The molecule has 1 aliphatic rings. The number of rotatable bonds is 27. The topological polar surface area (TPSA) is 310 Å².